The van der Waals surface area contributed by atoms with Gasteiger partial charge in [-0.15, -0.1) is 0 Å². The van der Waals surface area contributed by atoms with Gasteiger partial charge in [-0.1, -0.05) is 12.1 Å². The maximum absolute atomic E-state index is 14.7. The Kier molecular flexibility index (Phi) is 5.38. The normalized spacial score (nSPS) is 14.4. The van der Waals surface area contributed by atoms with Crippen LogP contribution in [0.5, 0.6) is 5.75 Å². The SMILES string of the molecule is COCC(F)(CCCN)c1ccc(OC)cc1. The first-order valence-corrected chi connectivity index (χ1v) is 5.69. The molecule has 17 heavy (non-hydrogen) atoms. The average Bonchev–Trinajstić information content (AvgIpc) is 2.37. The highest BCUT2D eigenvalue weighted by molar-refractivity contribution is 5.31. The molecular formula is C13H20FNO2. The zero-order valence-corrected chi connectivity index (χ0v) is 10.4. The van der Waals surface area contributed by atoms with Crippen LogP contribution in [0.15, 0.2) is 24.3 Å². The maximum Gasteiger partial charge on any atom is 0.159 e. The quantitative estimate of drug-likeness (QED) is 0.796. The van der Waals surface area contributed by atoms with Crippen LogP contribution >= 0.6 is 0 Å². The van der Waals surface area contributed by atoms with Gasteiger partial charge in [-0.3, -0.25) is 0 Å². The molecule has 96 valence electrons. The third-order valence-electron chi connectivity index (χ3n) is 2.76. The van der Waals surface area contributed by atoms with Gasteiger partial charge in [0, 0.05) is 7.11 Å². The Morgan fingerprint density at radius 2 is 1.88 bits per heavy atom. The molecule has 0 bridgehead atoms. The Balaban J connectivity index is 2.87. The number of halogens is 1. The van der Waals surface area contributed by atoms with E-state index in [1.54, 1.807) is 31.4 Å². The molecule has 0 aliphatic carbocycles. The molecular weight excluding hydrogens is 221 g/mol. The molecule has 2 N–H and O–H groups in total. The Morgan fingerprint density at radius 1 is 1.24 bits per heavy atom. The molecule has 1 unspecified atom stereocenters. The molecule has 0 saturated carbocycles. The van der Waals surface area contributed by atoms with Crippen molar-refractivity contribution >= 4 is 0 Å². The third-order valence-corrected chi connectivity index (χ3v) is 2.76. The standard InChI is InChI=1S/C13H20FNO2/c1-16-10-13(14,8-3-9-15)11-4-6-12(17-2)7-5-11/h4-7H,3,8-10,15H2,1-2H3. The number of benzene rings is 1. The molecule has 0 heterocycles. The second kappa shape index (κ2) is 6.57. The molecule has 3 nitrogen and oxygen atoms in total. The van der Waals surface area contributed by atoms with Gasteiger partial charge < -0.3 is 15.2 Å². The van der Waals surface area contributed by atoms with Gasteiger partial charge in [0.05, 0.1) is 13.7 Å². The van der Waals surface area contributed by atoms with Crippen LogP contribution in [-0.4, -0.2) is 27.4 Å². The van der Waals surface area contributed by atoms with Crippen molar-refractivity contribution < 1.29 is 13.9 Å². The molecule has 0 spiro atoms. The first-order chi connectivity index (χ1) is 8.16. The minimum Gasteiger partial charge on any atom is -0.497 e. The van der Waals surface area contributed by atoms with Crippen molar-refractivity contribution in [3.8, 4) is 5.75 Å². The Labute approximate surface area is 102 Å². The molecule has 0 saturated heterocycles. The molecule has 0 radical (unpaired) electrons. The summed E-state index contributed by atoms with van der Waals surface area (Å²) in [4.78, 5) is 0. The average molecular weight is 241 g/mol. The van der Waals surface area contributed by atoms with Crippen molar-refractivity contribution in [3.05, 3.63) is 29.8 Å². The summed E-state index contributed by atoms with van der Waals surface area (Å²) in [6.07, 6.45) is 0.996. The number of hydrogen-bond donors (Lipinski definition) is 1. The van der Waals surface area contributed by atoms with E-state index in [0.717, 1.165) is 0 Å². The maximum atomic E-state index is 14.7. The van der Waals surface area contributed by atoms with E-state index in [4.69, 9.17) is 15.2 Å². The number of hydrogen-bond acceptors (Lipinski definition) is 3. The highest BCUT2D eigenvalue weighted by Gasteiger charge is 2.31. The van der Waals surface area contributed by atoms with E-state index >= 15 is 0 Å². The van der Waals surface area contributed by atoms with Gasteiger partial charge >= 0.3 is 0 Å². The predicted octanol–water partition coefficient (Wildman–Crippen LogP) is 2.25. The molecule has 0 aliphatic rings. The van der Waals surface area contributed by atoms with Crippen LogP contribution < -0.4 is 10.5 Å². The second-order valence-corrected chi connectivity index (χ2v) is 4.02. The number of ether oxygens (including phenoxy) is 2. The van der Waals surface area contributed by atoms with Crippen LogP contribution in [0.25, 0.3) is 0 Å². The van der Waals surface area contributed by atoms with Gasteiger partial charge in [-0.2, -0.15) is 0 Å². The molecule has 1 rings (SSSR count). The largest absolute Gasteiger partial charge is 0.497 e. The fourth-order valence-electron chi connectivity index (χ4n) is 1.80. The highest BCUT2D eigenvalue weighted by Crippen LogP contribution is 2.32. The molecule has 1 aromatic rings. The first kappa shape index (κ1) is 13.9. The van der Waals surface area contributed by atoms with Gasteiger partial charge in [0.2, 0.25) is 0 Å². The lowest BCUT2D eigenvalue weighted by Gasteiger charge is -2.25. The minimum absolute atomic E-state index is 0.0410. The number of alkyl halides is 1. The van der Waals surface area contributed by atoms with E-state index in [2.05, 4.69) is 0 Å². The fraction of sp³-hybridized carbons (Fsp3) is 0.538. The van der Waals surface area contributed by atoms with Crippen LogP contribution in [0.4, 0.5) is 4.39 Å². The van der Waals surface area contributed by atoms with Gasteiger partial charge in [-0.05, 0) is 37.1 Å². The van der Waals surface area contributed by atoms with Crippen LogP contribution in [0.2, 0.25) is 0 Å². The van der Waals surface area contributed by atoms with E-state index in [-0.39, 0.29) is 6.61 Å². The lowest BCUT2D eigenvalue weighted by Crippen LogP contribution is -2.27. The Bertz CT molecular complexity index is 329. The molecule has 0 aliphatic heterocycles. The zero-order valence-electron chi connectivity index (χ0n) is 10.4. The van der Waals surface area contributed by atoms with Crippen LogP contribution in [-0.2, 0) is 10.4 Å². The Morgan fingerprint density at radius 3 is 2.35 bits per heavy atom. The first-order valence-electron chi connectivity index (χ1n) is 5.69. The van der Waals surface area contributed by atoms with Crippen molar-refractivity contribution in [2.45, 2.75) is 18.5 Å². The van der Waals surface area contributed by atoms with Crippen molar-refractivity contribution in [2.24, 2.45) is 5.73 Å². The van der Waals surface area contributed by atoms with E-state index < -0.39 is 5.67 Å². The van der Waals surface area contributed by atoms with Gasteiger partial charge in [-0.25, -0.2) is 4.39 Å². The van der Waals surface area contributed by atoms with E-state index in [0.29, 0.717) is 30.7 Å². The summed E-state index contributed by atoms with van der Waals surface area (Å²) in [6, 6.07) is 6.96. The topological polar surface area (TPSA) is 44.5 Å². The lowest BCUT2D eigenvalue weighted by atomic mass is 9.91. The van der Waals surface area contributed by atoms with Crippen molar-refractivity contribution in [3.63, 3.8) is 0 Å². The number of methoxy groups -OCH3 is 2. The van der Waals surface area contributed by atoms with Crippen molar-refractivity contribution in [1.82, 2.24) is 0 Å². The van der Waals surface area contributed by atoms with Crippen molar-refractivity contribution in [1.29, 1.82) is 0 Å². The van der Waals surface area contributed by atoms with Crippen molar-refractivity contribution in [2.75, 3.05) is 27.4 Å². The van der Waals surface area contributed by atoms with Gasteiger partial charge in [0.1, 0.15) is 5.75 Å². The monoisotopic (exact) mass is 241 g/mol. The fourth-order valence-corrected chi connectivity index (χ4v) is 1.80. The molecule has 0 amide bonds. The summed E-state index contributed by atoms with van der Waals surface area (Å²) >= 11 is 0. The zero-order chi connectivity index (χ0) is 12.7. The minimum atomic E-state index is -1.47. The smallest absolute Gasteiger partial charge is 0.159 e. The summed E-state index contributed by atoms with van der Waals surface area (Å²) in [7, 11) is 3.08. The highest BCUT2D eigenvalue weighted by atomic mass is 19.1. The summed E-state index contributed by atoms with van der Waals surface area (Å²) in [5.41, 5.74) is 4.56. The number of rotatable bonds is 7. The Hall–Kier alpha value is -1.13. The third kappa shape index (κ3) is 3.68. The molecule has 0 fully saturated rings. The molecule has 0 aromatic heterocycles. The molecule has 1 aromatic carbocycles. The van der Waals surface area contributed by atoms with Gasteiger partial charge in [0.15, 0.2) is 5.67 Å². The summed E-state index contributed by atoms with van der Waals surface area (Å²) in [5, 5.41) is 0. The van der Waals surface area contributed by atoms with Crippen LogP contribution in [0, 0.1) is 0 Å². The molecule has 4 heteroatoms. The lowest BCUT2D eigenvalue weighted by molar-refractivity contribution is 0.0303. The number of nitrogens with two attached hydrogens (primary N) is 1. The second-order valence-electron chi connectivity index (χ2n) is 4.02. The van der Waals surface area contributed by atoms with Crippen LogP contribution in [0.1, 0.15) is 18.4 Å². The predicted molar refractivity (Wildman–Crippen MR) is 65.9 cm³/mol. The molecule has 1 atom stereocenters. The summed E-state index contributed by atoms with van der Waals surface area (Å²) in [6.45, 7) is 0.519. The van der Waals surface area contributed by atoms with E-state index in [1.807, 2.05) is 0 Å². The summed E-state index contributed by atoms with van der Waals surface area (Å²) < 4.78 is 24.7. The van der Waals surface area contributed by atoms with E-state index in [9.17, 15) is 4.39 Å². The van der Waals surface area contributed by atoms with Gasteiger partial charge in [0.25, 0.3) is 0 Å². The summed E-state index contributed by atoms with van der Waals surface area (Å²) in [5.74, 6) is 0.715. The van der Waals surface area contributed by atoms with E-state index in [1.165, 1.54) is 7.11 Å². The van der Waals surface area contributed by atoms with Crippen LogP contribution in [0.3, 0.4) is 0 Å².